The molecule has 0 aliphatic rings. The van der Waals surface area contributed by atoms with Crippen molar-refractivity contribution in [1.82, 2.24) is 20.6 Å². The summed E-state index contributed by atoms with van der Waals surface area (Å²) in [7, 11) is 0. The highest BCUT2D eigenvalue weighted by Crippen LogP contribution is 2.14. The van der Waals surface area contributed by atoms with Crippen LogP contribution in [0.2, 0.25) is 5.02 Å². The Bertz CT molecular complexity index is 1110. The number of aryl methyl sites for hydroxylation is 1. The van der Waals surface area contributed by atoms with Crippen LogP contribution in [0.3, 0.4) is 0 Å². The van der Waals surface area contributed by atoms with Crippen molar-refractivity contribution < 1.29 is 9.59 Å². The zero-order valence-electron chi connectivity index (χ0n) is 16.4. The number of nitrogens with one attached hydrogen (secondary N) is 3. The van der Waals surface area contributed by atoms with Gasteiger partial charge in [-0.25, -0.2) is 14.9 Å². The van der Waals surface area contributed by atoms with Gasteiger partial charge < -0.3 is 5.32 Å². The van der Waals surface area contributed by atoms with Crippen molar-refractivity contribution in [1.29, 1.82) is 0 Å². The largest absolute Gasteiger partial charge is 0.337 e. The van der Waals surface area contributed by atoms with Crippen molar-refractivity contribution in [2.45, 2.75) is 32.7 Å². The molecule has 0 saturated carbocycles. The predicted octanol–water partition coefficient (Wildman–Crippen LogP) is 3.71. The highest BCUT2D eigenvalue weighted by atomic mass is 35.5. The molecule has 0 aliphatic carbocycles. The number of benzene rings is 2. The van der Waals surface area contributed by atoms with Gasteiger partial charge in [-0.3, -0.25) is 15.0 Å². The maximum Gasteiger partial charge on any atom is 0.337 e. The molecule has 3 rings (SSSR count). The fourth-order valence-electron chi connectivity index (χ4n) is 2.93. The zero-order chi connectivity index (χ0) is 21.5. The smallest absolute Gasteiger partial charge is 0.307 e. The number of carbonyl (C=O) groups is 2. The second kappa shape index (κ2) is 9.89. The maximum atomic E-state index is 12.7. The molecule has 156 valence electrons. The molecule has 3 aromatic rings. The Morgan fingerprint density at radius 1 is 1.00 bits per heavy atom. The van der Waals surface area contributed by atoms with E-state index in [-0.39, 0.29) is 11.3 Å². The summed E-state index contributed by atoms with van der Waals surface area (Å²) in [5.74, 6) is -0.623. The second-order valence-corrected chi connectivity index (χ2v) is 7.11. The summed E-state index contributed by atoms with van der Waals surface area (Å²) in [6, 6.07) is 12.7. The number of aromatic nitrogens is 2. The van der Waals surface area contributed by atoms with Gasteiger partial charge in [0.15, 0.2) is 5.69 Å². The Morgan fingerprint density at radius 2 is 1.70 bits per heavy atom. The van der Waals surface area contributed by atoms with Gasteiger partial charge in [-0.05, 0) is 36.8 Å². The molecule has 0 bridgehead atoms. The Kier molecular flexibility index (Phi) is 7.03. The van der Waals surface area contributed by atoms with Gasteiger partial charge in [0.05, 0.1) is 5.39 Å². The molecule has 1 heterocycles. The Morgan fingerprint density at radius 3 is 2.40 bits per heavy atom. The summed E-state index contributed by atoms with van der Waals surface area (Å²) in [5, 5.41) is 8.19. The van der Waals surface area contributed by atoms with E-state index in [1.165, 1.54) is 4.68 Å². The fraction of sp³-hybridized carbons (Fsp3) is 0.238. The topological polar surface area (TPSA) is 105 Å². The summed E-state index contributed by atoms with van der Waals surface area (Å²) in [5.41, 5.74) is 4.95. The van der Waals surface area contributed by atoms with Crippen LogP contribution in [0.1, 0.15) is 36.7 Å². The lowest BCUT2D eigenvalue weighted by molar-refractivity contribution is 0.0932. The number of rotatable bonds is 6. The van der Waals surface area contributed by atoms with Crippen molar-refractivity contribution in [3.8, 4) is 0 Å². The average molecular weight is 428 g/mol. The van der Waals surface area contributed by atoms with Crippen LogP contribution < -0.4 is 21.7 Å². The highest BCUT2D eigenvalue weighted by Gasteiger charge is 2.17. The number of carbonyl (C=O) groups excluding carboxylic acids is 2. The summed E-state index contributed by atoms with van der Waals surface area (Å²) < 4.78 is 1.31. The molecule has 3 amide bonds. The molecule has 0 aliphatic heterocycles. The van der Waals surface area contributed by atoms with Gasteiger partial charge in [-0.15, -0.1) is 0 Å². The third-order valence-corrected chi connectivity index (χ3v) is 4.70. The van der Waals surface area contributed by atoms with Crippen molar-refractivity contribution >= 4 is 40.0 Å². The number of unbranched alkanes of at least 4 members (excludes halogenated alkanes) is 2. The average Bonchev–Trinajstić information content (AvgIpc) is 2.75. The first-order valence-corrected chi connectivity index (χ1v) is 10.00. The summed E-state index contributed by atoms with van der Waals surface area (Å²) in [4.78, 5) is 37.4. The van der Waals surface area contributed by atoms with E-state index in [1.54, 1.807) is 48.5 Å². The molecule has 30 heavy (non-hydrogen) atoms. The first-order valence-electron chi connectivity index (χ1n) is 9.62. The number of hydrogen-bond donors (Lipinski definition) is 3. The van der Waals surface area contributed by atoms with E-state index in [9.17, 15) is 14.4 Å². The van der Waals surface area contributed by atoms with Gasteiger partial charge in [0.1, 0.15) is 0 Å². The Balaban J connectivity index is 1.76. The molecular weight excluding hydrogens is 406 g/mol. The van der Waals surface area contributed by atoms with Gasteiger partial charge >= 0.3 is 6.03 Å². The monoisotopic (exact) mass is 427 g/mol. The third-order valence-electron chi connectivity index (χ3n) is 4.45. The van der Waals surface area contributed by atoms with Crippen LogP contribution in [0.5, 0.6) is 0 Å². The van der Waals surface area contributed by atoms with Crippen molar-refractivity contribution in [3.05, 3.63) is 69.6 Å². The molecule has 9 heteroatoms. The van der Waals surface area contributed by atoms with Gasteiger partial charge in [0.25, 0.3) is 11.5 Å². The highest BCUT2D eigenvalue weighted by molar-refractivity contribution is 6.30. The van der Waals surface area contributed by atoms with E-state index in [0.717, 1.165) is 19.3 Å². The third kappa shape index (κ3) is 5.15. The van der Waals surface area contributed by atoms with Crippen LogP contribution in [-0.2, 0) is 6.54 Å². The first kappa shape index (κ1) is 21.3. The molecule has 8 nitrogen and oxygen atoms in total. The number of hydrazine groups is 1. The van der Waals surface area contributed by atoms with E-state index in [2.05, 4.69) is 28.2 Å². The number of urea groups is 1. The van der Waals surface area contributed by atoms with Gasteiger partial charge in [0, 0.05) is 22.6 Å². The first-order chi connectivity index (χ1) is 14.5. The normalized spacial score (nSPS) is 10.6. The van der Waals surface area contributed by atoms with Gasteiger partial charge in [-0.2, -0.15) is 5.10 Å². The lowest BCUT2D eigenvalue weighted by Crippen LogP contribution is -2.44. The molecular formula is C21H22ClN5O3. The van der Waals surface area contributed by atoms with Crippen LogP contribution in [0.15, 0.2) is 53.3 Å². The van der Waals surface area contributed by atoms with Crippen LogP contribution in [0, 0.1) is 0 Å². The lowest BCUT2D eigenvalue weighted by atomic mass is 10.1. The number of fused-ring (bicyclic) bond motifs is 1. The molecule has 2 aromatic carbocycles. The van der Waals surface area contributed by atoms with E-state index >= 15 is 0 Å². The molecule has 0 radical (unpaired) electrons. The molecule has 3 N–H and O–H groups in total. The number of nitrogens with zero attached hydrogens (tertiary/aromatic N) is 2. The van der Waals surface area contributed by atoms with Gasteiger partial charge in [0.2, 0.25) is 0 Å². The zero-order valence-corrected chi connectivity index (χ0v) is 17.2. The standard InChI is InChI=1S/C21H22ClN5O3/c1-2-3-6-13-27-20(29)17-8-5-4-7-16(17)18(26-27)19(28)24-25-21(30)23-15-11-9-14(22)10-12-15/h4-5,7-12H,2-3,6,13H2,1H3,(H,24,28)(H2,23,25,30). The van der Waals surface area contributed by atoms with Crippen LogP contribution in [0.25, 0.3) is 10.8 Å². The van der Waals surface area contributed by atoms with Crippen molar-refractivity contribution in [2.75, 3.05) is 5.32 Å². The number of amides is 3. The van der Waals surface area contributed by atoms with Crippen LogP contribution in [0.4, 0.5) is 10.5 Å². The van der Waals surface area contributed by atoms with E-state index < -0.39 is 11.9 Å². The molecule has 0 atom stereocenters. The Hall–Kier alpha value is -3.39. The van der Waals surface area contributed by atoms with Crippen LogP contribution >= 0.6 is 11.6 Å². The molecule has 0 saturated heterocycles. The minimum Gasteiger partial charge on any atom is -0.307 e. The van der Waals surface area contributed by atoms with Crippen LogP contribution in [-0.4, -0.2) is 21.7 Å². The minimum absolute atomic E-state index is 0.0634. The maximum absolute atomic E-state index is 12.7. The SMILES string of the molecule is CCCCCn1nc(C(=O)NNC(=O)Nc2ccc(Cl)cc2)c2ccccc2c1=O. The Labute approximate surface area is 178 Å². The molecule has 0 unspecified atom stereocenters. The molecule has 0 spiro atoms. The summed E-state index contributed by atoms with van der Waals surface area (Å²) in [6.07, 6.45) is 2.74. The summed E-state index contributed by atoms with van der Waals surface area (Å²) >= 11 is 5.81. The quantitative estimate of drug-likeness (QED) is 0.412. The molecule has 0 fully saturated rings. The fourth-order valence-corrected chi connectivity index (χ4v) is 3.06. The van der Waals surface area contributed by atoms with Crippen molar-refractivity contribution in [3.63, 3.8) is 0 Å². The van der Waals surface area contributed by atoms with E-state index in [0.29, 0.717) is 28.0 Å². The van der Waals surface area contributed by atoms with E-state index in [4.69, 9.17) is 11.6 Å². The van der Waals surface area contributed by atoms with E-state index in [1.807, 2.05) is 0 Å². The summed E-state index contributed by atoms with van der Waals surface area (Å²) in [6.45, 7) is 2.48. The predicted molar refractivity (Wildman–Crippen MR) is 117 cm³/mol. The lowest BCUT2D eigenvalue weighted by Gasteiger charge is -2.12. The van der Waals surface area contributed by atoms with Gasteiger partial charge in [-0.1, -0.05) is 49.6 Å². The number of halogens is 1. The number of anilines is 1. The number of hydrogen-bond acceptors (Lipinski definition) is 4. The second-order valence-electron chi connectivity index (χ2n) is 6.67. The minimum atomic E-state index is -0.633. The van der Waals surface area contributed by atoms with Crippen molar-refractivity contribution in [2.24, 2.45) is 0 Å². The molecule has 1 aromatic heterocycles.